The molecule has 1 saturated carbocycles. The summed E-state index contributed by atoms with van der Waals surface area (Å²) in [5.74, 6) is -1.89. The molecule has 0 radical (unpaired) electrons. The molecule has 1 saturated heterocycles. The van der Waals surface area contributed by atoms with Crippen molar-refractivity contribution < 1.29 is 28.7 Å². The smallest absolute Gasteiger partial charge is 0.330 e. The fourth-order valence-electron chi connectivity index (χ4n) is 5.44. The lowest BCUT2D eigenvalue weighted by Crippen LogP contribution is -2.48. The summed E-state index contributed by atoms with van der Waals surface area (Å²) in [4.78, 5) is 53.5. The fraction of sp³-hybridized carbons (Fsp3) is 0.333. The van der Waals surface area contributed by atoms with E-state index in [2.05, 4.69) is 0 Å². The Morgan fingerprint density at radius 2 is 1.56 bits per heavy atom. The number of benzene rings is 2. The maximum atomic E-state index is 13.3. The number of nitrogens with zero attached hydrogens (tertiary/aromatic N) is 1. The van der Waals surface area contributed by atoms with Crippen LogP contribution < -0.4 is 4.74 Å². The average molecular weight is 459 g/mol. The van der Waals surface area contributed by atoms with Gasteiger partial charge in [-0.15, -0.1) is 0 Å². The van der Waals surface area contributed by atoms with E-state index in [4.69, 9.17) is 9.47 Å². The van der Waals surface area contributed by atoms with Crippen LogP contribution in [0.15, 0.2) is 66.7 Å². The molecule has 7 heteroatoms. The quantitative estimate of drug-likeness (QED) is 0.261. The van der Waals surface area contributed by atoms with Crippen LogP contribution in [0, 0.1) is 23.7 Å². The molecule has 34 heavy (non-hydrogen) atoms. The number of ether oxygens (including phenoxy) is 2. The molecule has 0 spiro atoms. The lowest BCUT2D eigenvalue weighted by molar-refractivity contribution is -0.158. The van der Waals surface area contributed by atoms with Gasteiger partial charge < -0.3 is 9.47 Å². The van der Waals surface area contributed by atoms with Crippen molar-refractivity contribution in [2.45, 2.75) is 18.9 Å². The van der Waals surface area contributed by atoms with E-state index in [0.29, 0.717) is 11.3 Å². The first-order chi connectivity index (χ1) is 16.5. The van der Waals surface area contributed by atoms with Crippen LogP contribution in [0.3, 0.4) is 0 Å². The van der Waals surface area contributed by atoms with Crippen molar-refractivity contribution in [3.63, 3.8) is 0 Å². The predicted octanol–water partition coefficient (Wildman–Crippen LogP) is 2.84. The van der Waals surface area contributed by atoms with Crippen molar-refractivity contribution in [2.24, 2.45) is 23.7 Å². The molecule has 5 rings (SSSR count). The first kappa shape index (κ1) is 22.1. The third-order valence-corrected chi connectivity index (χ3v) is 7.12. The number of fused-ring (bicyclic) bond motifs is 5. The summed E-state index contributed by atoms with van der Waals surface area (Å²) in [6.07, 6.45) is 4.97. The molecule has 2 amide bonds. The van der Waals surface area contributed by atoms with Crippen LogP contribution in [0.4, 0.5) is 0 Å². The Balaban J connectivity index is 1.34. The number of Topliss-reactive ketones (excluding diaryl/α,β-unsaturated/α-hetero) is 1. The van der Waals surface area contributed by atoms with Crippen LogP contribution in [0.25, 0.3) is 0 Å². The lowest BCUT2D eigenvalue weighted by atomic mass is 9.85. The van der Waals surface area contributed by atoms with Gasteiger partial charge in [-0.2, -0.15) is 0 Å². The van der Waals surface area contributed by atoms with Crippen molar-refractivity contribution in [3.05, 3.63) is 77.9 Å². The lowest BCUT2D eigenvalue weighted by Gasteiger charge is -2.26. The first-order valence-corrected chi connectivity index (χ1v) is 11.4. The minimum atomic E-state index is -1.11. The van der Waals surface area contributed by atoms with Crippen molar-refractivity contribution >= 4 is 23.6 Å². The summed E-state index contributed by atoms with van der Waals surface area (Å²) in [6, 6.07) is 14.5. The Morgan fingerprint density at radius 1 is 0.941 bits per heavy atom. The Hall–Kier alpha value is -3.74. The van der Waals surface area contributed by atoms with Gasteiger partial charge in [0.05, 0.1) is 18.9 Å². The summed E-state index contributed by atoms with van der Waals surface area (Å²) in [5, 5.41) is 0. The molecule has 3 aliphatic rings. The molecular formula is C27H25NO6. The Kier molecular flexibility index (Phi) is 5.77. The normalized spacial score (nSPS) is 25.4. The van der Waals surface area contributed by atoms with Gasteiger partial charge in [-0.1, -0.05) is 42.5 Å². The zero-order chi connectivity index (χ0) is 23.8. The second kappa shape index (κ2) is 8.89. The van der Waals surface area contributed by atoms with Crippen LogP contribution in [0.5, 0.6) is 5.75 Å². The number of ketones is 1. The summed E-state index contributed by atoms with van der Waals surface area (Å²) in [6.45, 7) is -0.480. The molecule has 0 aromatic heterocycles. The van der Waals surface area contributed by atoms with Gasteiger partial charge in [0.25, 0.3) is 0 Å². The average Bonchev–Trinajstić information content (AvgIpc) is 3.55. The van der Waals surface area contributed by atoms with Gasteiger partial charge >= 0.3 is 5.97 Å². The predicted molar refractivity (Wildman–Crippen MR) is 122 cm³/mol. The SMILES string of the molecule is COc1ccc(C(=O)COC(=O)C(Cc2ccccc2)N2C(=O)C3C4C=CC(C4)C3C2=O)cc1. The van der Waals surface area contributed by atoms with Gasteiger partial charge in [0.2, 0.25) is 11.8 Å². The number of allylic oxidation sites excluding steroid dienone is 2. The van der Waals surface area contributed by atoms with Crippen molar-refractivity contribution in [1.82, 2.24) is 4.90 Å². The molecule has 1 heterocycles. The van der Waals surface area contributed by atoms with Crippen LogP contribution in [0.1, 0.15) is 22.3 Å². The van der Waals surface area contributed by atoms with Crippen LogP contribution in [-0.2, 0) is 25.5 Å². The molecule has 5 atom stereocenters. The summed E-state index contributed by atoms with van der Waals surface area (Å²) < 4.78 is 10.5. The van der Waals surface area contributed by atoms with Gasteiger partial charge in [0.1, 0.15) is 11.8 Å². The second-order valence-corrected chi connectivity index (χ2v) is 9.01. The Bertz CT molecular complexity index is 1130. The fourth-order valence-corrected chi connectivity index (χ4v) is 5.44. The van der Waals surface area contributed by atoms with Gasteiger partial charge in [0.15, 0.2) is 12.4 Å². The molecule has 7 nitrogen and oxygen atoms in total. The highest BCUT2D eigenvalue weighted by Crippen LogP contribution is 2.53. The molecular weight excluding hydrogens is 434 g/mol. The molecule has 174 valence electrons. The van der Waals surface area contributed by atoms with Crippen LogP contribution >= 0.6 is 0 Å². The van der Waals surface area contributed by atoms with Crippen LogP contribution in [-0.4, -0.2) is 48.2 Å². The minimum absolute atomic E-state index is 0.0431. The number of carbonyl (C=O) groups is 4. The van der Waals surface area contributed by atoms with E-state index in [0.717, 1.165) is 16.9 Å². The number of hydrogen-bond acceptors (Lipinski definition) is 6. The van der Waals surface area contributed by atoms with Gasteiger partial charge in [0, 0.05) is 12.0 Å². The zero-order valence-corrected chi connectivity index (χ0v) is 18.8. The molecule has 2 aromatic rings. The third-order valence-electron chi connectivity index (χ3n) is 7.12. The molecule has 5 unspecified atom stereocenters. The number of rotatable bonds is 8. The van der Waals surface area contributed by atoms with Crippen molar-refractivity contribution in [2.75, 3.05) is 13.7 Å². The number of carbonyl (C=O) groups excluding carboxylic acids is 4. The van der Waals surface area contributed by atoms with Gasteiger partial charge in [-0.3, -0.25) is 19.3 Å². The topological polar surface area (TPSA) is 90.0 Å². The summed E-state index contributed by atoms with van der Waals surface area (Å²) >= 11 is 0. The van der Waals surface area contributed by atoms with Crippen molar-refractivity contribution in [3.8, 4) is 5.75 Å². The van der Waals surface area contributed by atoms with Gasteiger partial charge in [-0.25, -0.2) is 4.79 Å². The standard InChI is InChI=1S/C27H25NO6/c1-33-20-11-9-17(10-12-20)22(29)15-34-27(32)21(13-16-5-3-2-4-6-16)28-25(30)23-18-7-8-19(14-18)24(23)26(28)31/h2-12,18-19,21,23-24H,13-15H2,1H3. The second-order valence-electron chi connectivity index (χ2n) is 9.01. The number of methoxy groups -OCH3 is 1. The largest absolute Gasteiger partial charge is 0.497 e. The summed E-state index contributed by atoms with van der Waals surface area (Å²) in [7, 11) is 1.53. The molecule has 2 fully saturated rings. The highest BCUT2D eigenvalue weighted by Gasteiger charge is 2.61. The molecule has 1 aliphatic heterocycles. The maximum absolute atomic E-state index is 13.3. The number of amides is 2. The highest BCUT2D eigenvalue weighted by atomic mass is 16.5. The van der Waals surface area contributed by atoms with E-state index in [1.54, 1.807) is 24.3 Å². The van der Waals surface area contributed by atoms with Gasteiger partial charge in [-0.05, 0) is 48.1 Å². The van der Waals surface area contributed by atoms with E-state index in [1.807, 2.05) is 42.5 Å². The first-order valence-electron chi connectivity index (χ1n) is 11.4. The molecule has 2 aromatic carbocycles. The number of likely N-dealkylation sites (tertiary alicyclic amines) is 1. The number of esters is 1. The number of imide groups is 1. The van der Waals surface area contributed by atoms with E-state index in [1.165, 1.54) is 7.11 Å². The zero-order valence-electron chi connectivity index (χ0n) is 18.8. The van der Waals surface area contributed by atoms with Crippen LogP contribution in [0.2, 0.25) is 0 Å². The Morgan fingerprint density at radius 3 is 2.15 bits per heavy atom. The Labute approximate surface area is 197 Å². The highest BCUT2D eigenvalue weighted by molar-refractivity contribution is 6.09. The third kappa shape index (κ3) is 3.81. The minimum Gasteiger partial charge on any atom is -0.497 e. The molecule has 2 bridgehead atoms. The van der Waals surface area contributed by atoms with E-state index < -0.39 is 30.5 Å². The molecule has 2 aliphatic carbocycles. The monoisotopic (exact) mass is 459 g/mol. The van der Waals surface area contributed by atoms with E-state index in [-0.39, 0.29) is 35.9 Å². The van der Waals surface area contributed by atoms with E-state index in [9.17, 15) is 19.2 Å². The van der Waals surface area contributed by atoms with Crippen molar-refractivity contribution in [1.29, 1.82) is 0 Å². The molecule has 0 N–H and O–H groups in total. The van der Waals surface area contributed by atoms with E-state index >= 15 is 0 Å². The summed E-state index contributed by atoms with van der Waals surface area (Å²) in [5.41, 5.74) is 1.17. The number of hydrogen-bond donors (Lipinski definition) is 0. The maximum Gasteiger partial charge on any atom is 0.330 e.